The number of para-hydroxylation sites is 1. The standard InChI is InChI=1S/C24H16F2N2O3/c1-27-18-11-13(25)7-9-15(18)23(21(27)29)17-5-3-4-6-20(17)31-24(23)16-10-8-14(26)12-19(16)28(2)22(24)30/h3-12H,1-2H3. The van der Waals surface area contributed by atoms with Gasteiger partial charge in [0.15, 0.2) is 5.41 Å². The van der Waals surface area contributed by atoms with Crippen LogP contribution in [-0.4, -0.2) is 25.9 Å². The lowest BCUT2D eigenvalue weighted by molar-refractivity contribution is -0.142. The van der Waals surface area contributed by atoms with Crippen molar-refractivity contribution in [2.45, 2.75) is 11.0 Å². The predicted octanol–water partition coefficient (Wildman–Crippen LogP) is 3.49. The van der Waals surface area contributed by atoms with Gasteiger partial charge < -0.3 is 14.5 Å². The zero-order valence-corrected chi connectivity index (χ0v) is 16.6. The molecule has 6 rings (SSSR count). The number of halogens is 2. The molecule has 0 aromatic heterocycles. The van der Waals surface area contributed by atoms with E-state index in [1.165, 1.54) is 53.2 Å². The number of hydrogen-bond acceptors (Lipinski definition) is 3. The van der Waals surface area contributed by atoms with Crippen molar-refractivity contribution in [2.75, 3.05) is 23.9 Å². The summed E-state index contributed by atoms with van der Waals surface area (Å²) >= 11 is 0. The Hall–Kier alpha value is -3.74. The number of carbonyl (C=O) groups excluding carboxylic acids is 2. The Balaban J connectivity index is 1.80. The SMILES string of the molecule is CN1C(=O)C2(Oc3ccccc3C23C(=O)N(C)c2cc(F)ccc23)c2ccc(F)cc21. The van der Waals surface area contributed by atoms with Gasteiger partial charge in [-0.25, -0.2) is 8.78 Å². The monoisotopic (exact) mass is 418 g/mol. The number of hydrogen-bond donors (Lipinski definition) is 0. The van der Waals surface area contributed by atoms with E-state index in [1.54, 1.807) is 31.3 Å². The second-order valence-electron chi connectivity index (χ2n) is 8.08. The molecule has 0 saturated carbocycles. The topological polar surface area (TPSA) is 49.9 Å². The molecule has 3 aromatic carbocycles. The van der Waals surface area contributed by atoms with Crippen LogP contribution in [0.15, 0.2) is 60.7 Å². The summed E-state index contributed by atoms with van der Waals surface area (Å²) in [6.07, 6.45) is 0. The smallest absolute Gasteiger partial charge is 0.277 e. The summed E-state index contributed by atoms with van der Waals surface area (Å²) in [5, 5.41) is 0. The molecule has 2 unspecified atom stereocenters. The van der Waals surface area contributed by atoms with Crippen molar-refractivity contribution >= 4 is 23.2 Å². The average molecular weight is 418 g/mol. The van der Waals surface area contributed by atoms with Gasteiger partial charge in [-0.3, -0.25) is 9.59 Å². The van der Waals surface area contributed by atoms with Gasteiger partial charge in [-0.15, -0.1) is 0 Å². The number of fused-ring (bicyclic) bond motifs is 7. The minimum atomic E-state index is -1.77. The van der Waals surface area contributed by atoms with Crippen molar-refractivity contribution in [3.05, 3.63) is 89.0 Å². The van der Waals surface area contributed by atoms with E-state index in [0.717, 1.165) is 0 Å². The normalized spacial score (nSPS) is 25.3. The molecule has 2 spiro atoms. The molecule has 2 atom stereocenters. The highest BCUT2D eigenvalue weighted by Gasteiger charge is 2.76. The molecule has 0 saturated heterocycles. The maximum atomic E-state index is 14.1. The van der Waals surface area contributed by atoms with Crippen LogP contribution in [0.1, 0.15) is 16.7 Å². The van der Waals surface area contributed by atoms with E-state index in [1.807, 2.05) is 0 Å². The van der Waals surface area contributed by atoms with Crippen LogP contribution in [0.3, 0.4) is 0 Å². The average Bonchev–Trinajstić information content (AvgIpc) is 3.27. The third-order valence-corrected chi connectivity index (χ3v) is 6.74. The molecule has 3 heterocycles. The van der Waals surface area contributed by atoms with Crippen molar-refractivity contribution in [1.29, 1.82) is 0 Å². The number of anilines is 2. The highest BCUT2D eigenvalue weighted by atomic mass is 19.1. The minimum absolute atomic E-state index is 0.336. The number of carbonyl (C=O) groups is 2. The third-order valence-electron chi connectivity index (χ3n) is 6.74. The first-order valence-electron chi connectivity index (χ1n) is 9.79. The van der Waals surface area contributed by atoms with Crippen LogP contribution in [0.4, 0.5) is 20.2 Å². The van der Waals surface area contributed by atoms with Gasteiger partial charge in [0.2, 0.25) is 11.5 Å². The zero-order chi connectivity index (χ0) is 21.7. The second-order valence-corrected chi connectivity index (χ2v) is 8.08. The Bertz CT molecular complexity index is 1340. The minimum Gasteiger partial charge on any atom is -0.470 e. The van der Waals surface area contributed by atoms with Crippen LogP contribution in [-0.2, 0) is 20.6 Å². The van der Waals surface area contributed by atoms with Crippen molar-refractivity contribution in [2.24, 2.45) is 0 Å². The highest BCUT2D eigenvalue weighted by Crippen LogP contribution is 2.66. The first-order valence-corrected chi connectivity index (χ1v) is 9.79. The third kappa shape index (κ3) is 1.78. The molecule has 0 aliphatic carbocycles. The van der Waals surface area contributed by atoms with Gasteiger partial charge in [0.1, 0.15) is 17.4 Å². The Morgan fingerprint density at radius 2 is 1.32 bits per heavy atom. The first-order chi connectivity index (χ1) is 14.8. The van der Waals surface area contributed by atoms with Crippen molar-refractivity contribution in [3.8, 4) is 5.75 Å². The van der Waals surface area contributed by atoms with Gasteiger partial charge in [0, 0.05) is 30.8 Å². The summed E-state index contributed by atoms with van der Waals surface area (Å²) in [6.45, 7) is 0. The van der Waals surface area contributed by atoms with Crippen LogP contribution in [0.25, 0.3) is 0 Å². The molecule has 5 nitrogen and oxygen atoms in total. The van der Waals surface area contributed by atoms with Crippen LogP contribution in [0.2, 0.25) is 0 Å². The molecular weight excluding hydrogens is 402 g/mol. The molecule has 7 heteroatoms. The second kappa shape index (κ2) is 5.49. The lowest BCUT2D eigenvalue weighted by Crippen LogP contribution is -2.59. The number of benzene rings is 3. The van der Waals surface area contributed by atoms with Gasteiger partial charge in [-0.2, -0.15) is 0 Å². The van der Waals surface area contributed by atoms with Crippen molar-refractivity contribution < 1.29 is 23.1 Å². The number of nitrogens with zero attached hydrogens (tertiary/aromatic N) is 2. The molecule has 2 amide bonds. The molecule has 0 radical (unpaired) electrons. The molecule has 0 fully saturated rings. The van der Waals surface area contributed by atoms with E-state index in [9.17, 15) is 18.4 Å². The molecule has 3 aromatic rings. The molecule has 3 aliphatic heterocycles. The molecule has 31 heavy (non-hydrogen) atoms. The molecule has 0 N–H and O–H groups in total. The van der Waals surface area contributed by atoms with Gasteiger partial charge in [-0.1, -0.05) is 24.3 Å². The van der Waals surface area contributed by atoms with E-state index in [2.05, 4.69) is 0 Å². The summed E-state index contributed by atoms with van der Waals surface area (Å²) in [4.78, 5) is 30.6. The molecule has 0 bridgehead atoms. The quantitative estimate of drug-likeness (QED) is 0.562. The Kier molecular flexibility index (Phi) is 3.20. The number of rotatable bonds is 0. The molecule has 3 aliphatic rings. The Labute approximate surface area is 176 Å². The summed E-state index contributed by atoms with van der Waals surface area (Å²) in [5.74, 6) is -1.49. The van der Waals surface area contributed by atoms with Crippen molar-refractivity contribution in [3.63, 3.8) is 0 Å². The molecular formula is C24H16F2N2O3. The highest BCUT2D eigenvalue weighted by molar-refractivity contribution is 6.20. The van der Waals surface area contributed by atoms with Crippen molar-refractivity contribution in [1.82, 2.24) is 0 Å². The summed E-state index contributed by atoms with van der Waals surface area (Å²) < 4.78 is 34.6. The van der Waals surface area contributed by atoms with Crippen LogP contribution in [0.5, 0.6) is 5.75 Å². The number of amides is 2. The van der Waals surface area contributed by atoms with Gasteiger partial charge in [-0.05, 0) is 36.4 Å². The first kappa shape index (κ1) is 18.1. The molecule has 154 valence electrons. The van der Waals surface area contributed by atoms with E-state index in [-0.39, 0.29) is 0 Å². The lowest BCUT2D eigenvalue weighted by atomic mass is 9.62. The van der Waals surface area contributed by atoms with Gasteiger partial charge >= 0.3 is 0 Å². The van der Waals surface area contributed by atoms with Gasteiger partial charge in [0.25, 0.3) is 5.91 Å². The number of ether oxygens (including phenoxy) is 1. The maximum absolute atomic E-state index is 14.1. The van der Waals surface area contributed by atoms with Crippen LogP contribution < -0.4 is 14.5 Å². The fourth-order valence-corrected chi connectivity index (χ4v) is 5.47. The predicted molar refractivity (Wildman–Crippen MR) is 109 cm³/mol. The van der Waals surface area contributed by atoms with Gasteiger partial charge in [0.05, 0.1) is 11.4 Å². The maximum Gasteiger partial charge on any atom is 0.277 e. The summed E-state index contributed by atoms with van der Waals surface area (Å²) in [5.41, 5.74) is -1.24. The van der Waals surface area contributed by atoms with Crippen LogP contribution >= 0.6 is 0 Å². The fourth-order valence-electron chi connectivity index (χ4n) is 5.47. The van der Waals surface area contributed by atoms with E-state index in [4.69, 9.17) is 4.74 Å². The largest absolute Gasteiger partial charge is 0.470 e. The number of likely N-dealkylation sites (N-methyl/N-ethyl adjacent to an activating group) is 2. The fraction of sp³-hybridized carbons (Fsp3) is 0.167. The zero-order valence-electron chi connectivity index (χ0n) is 16.6. The van der Waals surface area contributed by atoms with E-state index >= 15 is 0 Å². The van der Waals surface area contributed by atoms with Crippen LogP contribution in [0, 0.1) is 11.6 Å². The summed E-state index contributed by atoms with van der Waals surface area (Å²) in [7, 11) is 3.09. The Morgan fingerprint density at radius 1 is 0.742 bits per heavy atom. The summed E-state index contributed by atoms with van der Waals surface area (Å²) in [6, 6.07) is 15.1. The van der Waals surface area contributed by atoms with E-state index < -0.39 is 34.5 Å². The Morgan fingerprint density at radius 3 is 2.03 bits per heavy atom. The van der Waals surface area contributed by atoms with E-state index in [0.29, 0.717) is 33.8 Å². The lowest BCUT2D eigenvalue weighted by Gasteiger charge is -2.37.